The number of hydrogen-bond donors (Lipinski definition) is 3. The first kappa shape index (κ1) is 18.4. The van der Waals surface area contributed by atoms with Crippen molar-refractivity contribution in [2.75, 3.05) is 29.6 Å². The van der Waals surface area contributed by atoms with Crippen LogP contribution in [0, 0.1) is 0 Å². The number of amides is 2. The van der Waals surface area contributed by atoms with E-state index in [1.807, 2.05) is 13.8 Å². The lowest BCUT2D eigenvalue weighted by molar-refractivity contribution is 0.159. The molecule has 0 aliphatic heterocycles. The Balaban J connectivity index is 2.59. The predicted molar refractivity (Wildman–Crippen MR) is 84.0 cm³/mol. The Kier molecular flexibility index (Phi) is 8.11. The highest BCUT2D eigenvalue weighted by atomic mass is 16.6. The van der Waals surface area contributed by atoms with E-state index in [-0.39, 0.29) is 30.5 Å². The number of carbonyl (C=O) groups is 2. The van der Waals surface area contributed by atoms with Gasteiger partial charge in [-0.25, -0.2) is 9.59 Å². The normalized spacial score (nSPS) is 10.0. The zero-order valence-electron chi connectivity index (χ0n) is 13.3. The number of nitrogens with two attached hydrogens (primary N) is 1. The fourth-order valence-electron chi connectivity index (χ4n) is 1.40. The van der Waals surface area contributed by atoms with E-state index in [4.69, 9.17) is 15.2 Å². The molecular weight excluding hydrogens is 304 g/mol. The molecule has 0 aliphatic carbocycles. The third kappa shape index (κ3) is 6.76. The maximum atomic E-state index is 11.6. The minimum atomic E-state index is -0.706. The summed E-state index contributed by atoms with van der Waals surface area (Å²) in [7, 11) is 0. The van der Waals surface area contributed by atoms with E-state index in [2.05, 4.69) is 26.0 Å². The van der Waals surface area contributed by atoms with Crippen LogP contribution in [0.4, 0.5) is 26.9 Å². The lowest BCUT2D eigenvalue weighted by Gasteiger charge is -2.10. The van der Waals surface area contributed by atoms with Gasteiger partial charge in [0, 0.05) is 0 Å². The van der Waals surface area contributed by atoms with E-state index >= 15 is 0 Å². The van der Waals surface area contributed by atoms with Crippen LogP contribution in [0.3, 0.4) is 0 Å². The molecule has 0 atom stereocenters. The van der Waals surface area contributed by atoms with Gasteiger partial charge in [0.2, 0.25) is 0 Å². The summed E-state index contributed by atoms with van der Waals surface area (Å²) in [5, 5.41) is 15.3. The summed E-state index contributed by atoms with van der Waals surface area (Å²) < 4.78 is 9.84. The highest BCUT2D eigenvalue weighted by molar-refractivity contribution is 5.93. The van der Waals surface area contributed by atoms with Crippen molar-refractivity contribution in [3.63, 3.8) is 0 Å². The Morgan fingerprint density at radius 3 is 1.78 bits per heavy atom. The third-order valence-corrected chi connectivity index (χ3v) is 2.70. The van der Waals surface area contributed by atoms with Crippen molar-refractivity contribution < 1.29 is 19.1 Å². The van der Waals surface area contributed by atoms with Crippen molar-refractivity contribution in [2.45, 2.75) is 39.5 Å². The highest BCUT2D eigenvalue weighted by Gasteiger charge is 2.15. The van der Waals surface area contributed by atoms with E-state index < -0.39 is 12.2 Å². The average Bonchev–Trinajstić information content (AvgIpc) is 2.52. The van der Waals surface area contributed by atoms with Gasteiger partial charge in [-0.05, 0) is 18.1 Å². The minimum Gasteiger partial charge on any atom is -0.449 e. The second-order valence-corrected chi connectivity index (χ2v) is 4.63. The van der Waals surface area contributed by atoms with Gasteiger partial charge >= 0.3 is 12.2 Å². The number of ether oxygens (including phenoxy) is 2. The highest BCUT2D eigenvalue weighted by Crippen LogP contribution is 2.21. The topological polar surface area (TPSA) is 141 Å². The van der Waals surface area contributed by atoms with Gasteiger partial charge in [0.05, 0.1) is 13.2 Å². The first-order valence-corrected chi connectivity index (χ1v) is 7.44. The Hall–Kier alpha value is -2.65. The van der Waals surface area contributed by atoms with E-state index in [1.54, 1.807) is 0 Å². The molecule has 0 spiro atoms. The molecule has 1 aromatic heterocycles. The summed E-state index contributed by atoms with van der Waals surface area (Å²) in [6, 6.07) is 0. The Morgan fingerprint density at radius 2 is 1.39 bits per heavy atom. The quantitative estimate of drug-likeness (QED) is 0.617. The summed E-state index contributed by atoms with van der Waals surface area (Å²) in [6.07, 6.45) is 1.89. The summed E-state index contributed by atoms with van der Waals surface area (Å²) in [5.74, 6) is -0.101. The van der Waals surface area contributed by atoms with Crippen molar-refractivity contribution in [3.8, 4) is 0 Å². The molecule has 128 valence electrons. The molecule has 23 heavy (non-hydrogen) atoms. The second kappa shape index (κ2) is 10.1. The number of hydrogen-bond acceptors (Lipinski definition) is 8. The van der Waals surface area contributed by atoms with E-state index in [0.29, 0.717) is 0 Å². The van der Waals surface area contributed by atoms with Crippen molar-refractivity contribution in [1.29, 1.82) is 0 Å². The van der Waals surface area contributed by atoms with Crippen LogP contribution in [-0.2, 0) is 9.47 Å². The van der Waals surface area contributed by atoms with Crippen LogP contribution >= 0.6 is 0 Å². The molecule has 10 heteroatoms. The molecule has 0 aromatic carbocycles. The first-order chi connectivity index (χ1) is 11.1. The van der Waals surface area contributed by atoms with Crippen LogP contribution in [-0.4, -0.2) is 40.8 Å². The van der Waals surface area contributed by atoms with Gasteiger partial charge in [-0.1, -0.05) is 26.7 Å². The number of nitrogens with one attached hydrogen (secondary N) is 2. The Labute approximate surface area is 134 Å². The molecule has 0 unspecified atom stereocenters. The number of rotatable bonds is 8. The smallest absolute Gasteiger partial charge is 0.412 e. The van der Waals surface area contributed by atoms with Gasteiger partial charge in [-0.2, -0.15) is 0 Å². The standard InChI is InChI=1S/C13H22N6O4/c1-3-5-7-22-12(20)15-10-9(14)11(18-19-17-10)16-13(21)23-8-6-4-2/h3-8H2,1-2H3,(H2,14,19)(H2,15,16,17,18,20,21). The molecule has 4 N–H and O–H groups in total. The first-order valence-electron chi connectivity index (χ1n) is 7.44. The zero-order chi connectivity index (χ0) is 17.1. The fourth-order valence-corrected chi connectivity index (χ4v) is 1.40. The predicted octanol–water partition coefficient (Wildman–Crippen LogP) is 2.15. The lowest BCUT2D eigenvalue weighted by atomic mass is 10.4. The van der Waals surface area contributed by atoms with Crippen LogP contribution in [0.15, 0.2) is 0 Å². The molecular formula is C13H22N6O4. The van der Waals surface area contributed by atoms with Crippen molar-refractivity contribution in [2.24, 2.45) is 0 Å². The van der Waals surface area contributed by atoms with Gasteiger partial charge in [-0.15, -0.1) is 10.2 Å². The summed E-state index contributed by atoms with van der Waals surface area (Å²) in [6.45, 7) is 4.53. The van der Waals surface area contributed by atoms with Crippen LogP contribution < -0.4 is 16.4 Å². The number of unbranched alkanes of at least 4 members (excludes halogenated alkanes) is 2. The van der Waals surface area contributed by atoms with Crippen molar-refractivity contribution in [1.82, 2.24) is 15.4 Å². The Bertz CT molecular complexity index is 483. The molecule has 0 radical (unpaired) electrons. The van der Waals surface area contributed by atoms with Gasteiger partial charge in [0.15, 0.2) is 11.6 Å². The molecule has 0 fully saturated rings. The van der Waals surface area contributed by atoms with Gasteiger partial charge in [0.25, 0.3) is 0 Å². The van der Waals surface area contributed by atoms with E-state index in [9.17, 15) is 9.59 Å². The molecule has 1 heterocycles. The SMILES string of the molecule is CCCCOC(=O)Nc1nnnc(NC(=O)OCCCC)c1N. The minimum absolute atomic E-state index is 0.0418. The number of aromatic nitrogens is 3. The fraction of sp³-hybridized carbons (Fsp3) is 0.615. The number of anilines is 3. The molecule has 2 amide bonds. The Morgan fingerprint density at radius 1 is 0.957 bits per heavy atom. The second-order valence-electron chi connectivity index (χ2n) is 4.63. The monoisotopic (exact) mass is 326 g/mol. The number of nitrogen functional groups attached to an aromatic ring is 1. The lowest BCUT2D eigenvalue weighted by Crippen LogP contribution is -2.20. The molecule has 1 aromatic rings. The van der Waals surface area contributed by atoms with E-state index in [0.717, 1.165) is 25.7 Å². The molecule has 1 rings (SSSR count). The molecule has 10 nitrogen and oxygen atoms in total. The maximum Gasteiger partial charge on any atom is 0.412 e. The van der Waals surface area contributed by atoms with Crippen LogP contribution in [0.25, 0.3) is 0 Å². The maximum absolute atomic E-state index is 11.6. The largest absolute Gasteiger partial charge is 0.449 e. The summed E-state index contributed by atoms with van der Waals surface area (Å²) >= 11 is 0. The van der Waals surface area contributed by atoms with Crippen molar-refractivity contribution >= 4 is 29.5 Å². The third-order valence-electron chi connectivity index (χ3n) is 2.70. The van der Waals surface area contributed by atoms with Crippen LogP contribution in [0.5, 0.6) is 0 Å². The van der Waals surface area contributed by atoms with Crippen molar-refractivity contribution in [3.05, 3.63) is 0 Å². The van der Waals surface area contributed by atoms with Gasteiger partial charge in [0.1, 0.15) is 5.69 Å². The number of carbonyl (C=O) groups excluding carboxylic acids is 2. The van der Waals surface area contributed by atoms with Crippen LogP contribution in [0.2, 0.25) is 0 Å². The molecule has 0 saturated heterocycles. The summed E-state index contributed by atoms with van der Waals surface area (Å²) in [4.78, 5) is 23.1. The van der Waals surface area contributed by atoms with Gasteiger partial charge < -0.3 is 15.2 Å². The van der Waals surface area contributed by atoms with Crippen LogP contribution in [0.1, 0.15) is 39.5 Å². The van der Waals surface area contributed by atoms with Gasteiger partial charge in [-0.3, -0.25) is 10.6 Å². The summed E-state index contributed by atoms with van der Waals surface area (Å²) in [5.41, 5.74) is 5.74. The number of nitrogens with zero attached hydrogens (tertiary/aromatic N) is 3. The molecule has 0 bridgehead atoms. The molecule has 0 saturated carbocycles. The zero-order valence-corrected chi connectivity index (χ0v) is 13.3. The van der Waals surface area contributed by atoms with E-state index in [1.165, 1.54) is 0 Å². The average molecular weight is 326 g/mol. The molecule has 0 aliphatic rings.